The first-order valence-electron chi connectivity index (χ1n) is 5.43. The van der Waals surface area contributed by atoms with Crippen LogP contribution >= 0.6 is 0 Å². The Bertz CT molecular complexity index is 647. The van der Waals surface area contributed by atoms with E-state index >= 15 is 0 Å². The molecule has 0 spiro atoms. The Morgan fingerprint density at radius 3 is 3.06 bits per heavy atom. The summed E-state index contributed by atoms with van der Waals surface area (Å²) >= 11 is 0. The SMILES string of the molecule is CN1Cc2c(C=O)ncn2-c2ccncc2C1=O. The molecule has 90 valence electrons. The number of carbonyl (C=O) groups excluding carboxylic acids is 2. The minimum atomic E-state index is -0.112. The second-order valence-electron chi connectivity index (χ2n) is 4.12. The number of imidazole rings is 1. The van der Waals surface area contributed by atoms with Gasteiger partial charge in [-0.2, -0.15) is 0 Å². The number of pyridine rings is 1. The standard InChI is InChI=1S/C12H10N4O2/c1-15-5-11-9(6-17)14-7-16(11)10-2-3-13-4-8(10)12(15)18/h2-4,6-7H,5H2,1H3. The number of amides is 1. The Balaban J connectivity index is 2.32. The molecule has 0 unspecified atom stereocenters. The van der Waals surface area contributed by atoms with Crippen LogP contribution in [0.2, 0.25) is 0 Å². The molecule has 0 saturated heterocycles. The molecule has 0 N–H and O–H groups in total. The molecule has 0 radical (unpaired) electrons. The number of fused-ring (bicyclic) bond motifs is 3. The lowest BCUT2D eigenvalue weighted by Gasteiger charge is -2.13. The molecule has 1 aliphatic heterocycles. The third-order valence-electron chi connectivity index (χ3n) is 3.03. The topological polar surface area (TPSA) is 68.1 Å². The zero-order chi connectivity index (χ0) is 12.7. The molecule has 2 aromatic rings. The lowest BCUT2D eigenvalue weighted by molar-refractivity contribution is 0.0786. The van der Waals surface area contributed by atoms with Gasteiger partial charge in [-0.15, -0.1) is 0 Å². The van der Waals surface area contributed by atoms with Crippen LogP contribution in [0.25, 0.3) is 5.69 Å². The number of carbonyl (C=O) groups is 2. The molecular formula is C12H10N4O2. The van der Waals surface area contributed by atoms with Crippen molar-refractivity contribution >= 4 is 12.2 Å². The van der Waals surface area contributed by atoms with Crippen LogP contribution in [-0.4, -0.2) is 38.7 Å². The van der Waals surface area contributed by atoms with Gasteiger partial charge in [-0.3, -0.25) is 19.1 Å². The van der Waals surface area contributed by atoms with Gasteiger partial charge in [0.05, 0.1) is 23.5 Å². The van der Waals surface area contributed by atoms with E-state index in [-0.39, 0.29) is 5.91 Å². The summed E-state index contributed by atoms with van der Waals surface area (Å²) in [7, 11) is 1.69. The van der Waals surface area contributed by atoms with E-state index in [2.05, 4.69) is 9.97 Å². The number of hydrogen-bond donors (Lipinski definition) is 0. The Morgan fingerprint density at radius 1 is 1.44 bits per heavy atom. The molecule has 0 atom stereocenters. The number of rotatable bonds is 1. The summed E-state index contributed by atoms with van der Waals surface area (Å²) in [5, 5.41) is 0. The van der Waals surface area contributed by atoms with Gasteiger partial charge in [-0.1, -0.05) is 0 Å². The van der Waals surface area contributed by atoms with Gasteiger partial charge in [0.1, 0.15) is 12.0 Å². The van der Waals surface area contributed by atoms with Crippen LogP contribution in [0.4, 0.5) is 0 Å². The van der Waals surface area contributed by atoms with Gasteiger partial charge < -0.3 is 4.90 Å². The normalized spacial score (nSPS) is 13.8. The van der Waals surface area contributed by atoms with Crippen molar-refractivity contribution in [1.82, 2.24) is 19.4 Å². The Hall–Kier alpha value is -2.50. The molecule has 1 aliphatic rings. The first-order valence-corrected chi connectivity index (χ1v) is 5.43. The molecule has 0 aliphatic carbocycles. The van der Waals surface area contributed by atoms with Gasteiger partial charge in [0.2, 0.25) is 0 Å². The third-order valence-corrected chi connectivity index (χ3v) is 3.03. The van der Waals surface area contributed by atoms with E-state index in [1.165, 1.54) is 6.20 Å². The number of hydrogen-bond acceptors (Lipinski definition) is 4. The smallest absolute Gasteiger partial charge is 0.257 e. The fraction of sp³-hybridized carbons (Fsp3) is 0.167. The summed E-state index contributed by atoms with van der Waals surface area (Å²) in [6.45, 7) is 0.349. The van der Waals surface area contributed by atoms with E-state index in [9.17, 15) is 9.59 Å². The van der Waals surface area contributed by atoms with Crippen LogP contribution in [-0.2, 0) is 6.54 Å². The summed E-state index contributed by atoms with van der Waals surface area (Å²) < 4.78 is 1.77. The summed E-state index contributed by atoms with van der Waals surface area (Å²) in [6, 6.07) is 1.74. The van der Waals surface area contributed by atoms with Gasteiger partial charge in [-0.05, 0) is 6.07 Å². The zero-order valence-corrected chi connectivity index (χ0v) is 9.70. The average molecular weight is 242 g/mol. The summed E-state index contributed by atoms with van der Waals surface area (Å²) in [4.78, 5) is 32.7. The first-order chi connectivity index (χ1) is 8.72. The van der Waals surface area contributed by atoms with E-state index in [0.717, 1.165) is 0 Å². The number of aromatic nitrogens is 3. The van der Waals surface area contributed by atoms with Gasteiger partial charge in [0.25, 0.3) is 5.91 Å². The molecule has 18 heavy (non-hydrogen) atoms. The molecule has 3 rings (SSSR count). The Kier molecular flexibility index (Phi) is 2.22. The van der Waals surface area contributed by atoms with Crippen LogP contribution in [0.15, 0.2) is 24.8 Å². The van der Waals surface area contributed by atoms with Crippen LogP contribution in [0, 0.1) is 0 Å². The lowest BCUT2D eigenvalue weighted by atomic mass is 10.2. The number of nitrogens with zero attached hydrogens (tertiary/aromatic N) is 4. The zero-order valence-electron chi connectivity index (χ0n) is 9.70. The molecule has 0 fully saturated rings. The molecule has 0 aromatic carbocycles. The minimum Gasteiger partial charge on any atom is -0.336 e. The summed E-state index contributed by atoms with van der Waals surface area (Å²) in [5.74, 6) is -0.112. The maximum absolute atomic E-state index is 12.2. The van der Waals surface area contributed by atoms with Crippen LogP contribution < -0.4 is 0 Å². The van der Waals surface area contributed by atoms with Crippen LogP contribution in [0.3, 0.4) is 0 Å². The van der Waals surface area contributed by atoms with Crippen molar-refractivity contribution in [2.24, 2.45) is 0 Å². The van der Waals surface area contributed by atoms with E-state index < -0.39 is 0 Å². The van der Waals surface area contributed by atoms with Crippen molar-refractivity contribution in [2.45, 2.75) is 6.54 Å². The maximum atomic E-state index is 12.2. The lowest BCUT2D eigenvalue weighted by Crippen LogP contribution is -2.25. The second kappa shape index (κ2) is 3.76. The third kappa shape index (κ3) is 1.35. The van der Waals surface area contributed by atoms with Gasteiger partial charge in [-0.25, -0.2) is 4.98 Å². The predicted molar refractivity (Wildman–Crippen MR) is 62.5 cm³/mol. The van der Waals surface area contributed by atoms with E-state index in [4.69, 9.17) is 0 Å². The summed E-state index contributed by atoms with van der Waals surface area (Å²) in [5.41, 5.74) is 2.29. The van der Waals surface area contributed by atoms with Crippen molar-refractivity contribution in [3.8, 4) is 5.69 Å². The molecule has 6 nitrogen and oxygen atoms in total. The van der Waals surface area contributed by atoms with Gasteiger partial charge >= 0.3 is 0 Å². The highest BCUT2D eigenvalue weighted by Crippen LogP contribution is 2.23. The maximum Gasteiger partial charge on any atom is 0.257 e. The van der Waals surface area contributed by atoms with Crippen molar-refractivity contribution in [3.63, 3.8) is 0 Å². The highest BCUT2D eigenvalue weighted by Gasteiger charge is 2.25. The van der Waals surface area contributed by atoms with Crippen molar-refractivity contribution < 1.29 is 9.59 Å². The van der Waals surface area contributed by atoms with E-state index in [1.807, 2.05) is 0 Å². The minimum absolute atomic E-state index is 0.112. The van der Waals surface area contributed by atoms with Gasteiger partial charge in [0, 0.05) is 19.4 Å². The van der Waals surface area contributed by atoms with E-state index in [1.54, 1.807) is 35.1 Å². The second-order valence-corrected chi connectivity index (χ2v) is 4.12. The fourth-order valence-electron chi connectivity index (χ4n) is 2.11. The fourth-order valence-corrected chi connectivity index (χ4v) is 2.11. The van der Waals surface area contributed by atoms with Crippen LogP contribution in [0.1, 0.15) is 26.5 Å². The molecular weight excluding hydrogens is 232 g/mol. The molecule has 0 bridgehead atoms. The van der Waals surface area contributed by atoms with Gasteiger partial charge in [0.15, 0.2) is 6.29 Å². The van der Waals surface area contributed by atoms with Crippen molar-refractivity contribution in [3.05, 3.63) is 41.7 Å². The quantitative estimate of drug-likeness (QED) is 0.689. The summed E-state index contributed by atoms with van der Waals surface area (Å²) in [6.07, 6.45) is 5.41. The van der Waals surface area contributed by atoms with Crippen molar-refractivity contribution in [2.75, 3.05) is 7.05 Å². The van der Waals surface area contributed by atoms with Crippen molar-refractivity contribution in [1.29, 1.82) is 0 Å². The first kappa shape index (κ1) is 10.6. The highest BCUT2D eigenvalue weighted by atomic mass is 16.2. The number of aldehydes is 1. The average Bonchev–Trinajstić information content (AvgIpc) is 2.76. The molecule has 1 amide bonds. The van der Waals surface area contributed by atoms with Crippen LogP contribution in [0.5, 0.6) is 0 Å². The molecule has 2 aromatic heterocycles. The molecule has 0 saturated carbocycles. The highest BCUT2D eigenvalue weighted by molar-refractivity contribution is 5.98. The monoisotopic (exact) mass is 242 g/mol. The molecule has 6 heteroatoms. The predicted octanol–water partition coefficient (Wildman–Crippen LogP) is 0.665. The largest absolute Gasteiger partial charge is 0.336 e. The molecule has 3 heterocycles. The Morgan fingerprint density at radius 2 is 2.28 bits per heavy atom. The van der Waals surface area contributed by atoms with E-state index in [0.29, 0.717) is 35.5 Å². The Labute approximate surface area is 103 Å².